The highest BCUT2D eigenvalue weighted by atomic mass is 16.5. The number of hydrogen-bond acceptors (Lipinski definition) is 5. The van der Waals surface area contributed by atoms with Crippen LogP contribution in [0.2, 0.25) is 0 Å². The standard InChI is InChI=1S/C25H34N4O2/c1-2-31-24-8-4-3-7-23(24)29-17-15-28(16-18-29)20-25(30)26-22-11-9-21(10-12-22)19-27-13-5-6-14-27/h3-4,7-12H,2,5-6,13-20H2,1H3,(H,26,30). The molecule has 6 heteroatoms. The predicted molar refractivity (Wildman–Crippen MR) is 126 cm³/mol. The summed E-state index contributed by atoms with van der Waals surface area (Å²) in [5.41, 5.74) is 3.32. The maximum absolute atomic E-state index is 12.5. The number of amides is 1. The molecule has 0 atom stereocenters. The van der Waals surface area contributed by atoms with E-state index < -0.39 is 0 Å². The minimum absolute atomic E-state index is 0.0514. The normalized spacial score (nSPS) is 17.6. The van der Waals surface area contributed by atoms with Gasteiger partial charge in [-0.3, -0.25) is 14.6 Å². The van der Waals surface area contributed by atoms with Crippen molar-refractivity contribution in [2.45, 2.75) is 26.3 Å². The quantitative estimate of drug-likeness (QED) is 0.706. The first-order valence-electron chi connectivity index (χ1n) is 11.5. The molecule has 31 heavy (non-hydrogen) atoms. The molecule has 0 aliphatic carbocycles. The highest BCUT2D eigenvalue weighted by Crippen LogP contribution is 2.28. The molecule has 0 spiro atoms. The third kappa shape index (κ3) is 5.99. The van der Waals surface area contributed by atoms with Crippen molar-refractivity contribution in [1.29, 1.82) is 0 Å². The highest BCUT2D eigenvalue weighted by molar-refractivity contribution is 5.92. The minimum Gasteiger partial charge on any atom is -0.492 e. The average Bonchev–Trinajstić information content (AvgIpc) is 3.29. The molecule has 0 saturated carbocycles. The Morgan fingerprint density at radius 2 is 1.61 bits per heavy atom. The van der Waals surface area contributed by atoms with E-state index in [1.54, 1.807) is 0 Å². The van der Waals surface area contributed by atoms with Crippen LogP contribution < -0.4 is 15.0 Å². The number of carbonyl (C=O) groups is 1. The van der Waals surface area contributed by atoms with Crippen molar-refractivity contribution in [3.05, 3.63) is 54.1 Å². The van der Waals surface area contributed by atoms with Crippen molar-refractivity contribution < 1.29 is 9.53 Å². The summed E-state index contributed by atoms with van der Waals surface area (Å²) in [6, 6.07) is 16.5. The molecule has 2 saturated heterocycles. The lowest BCUT2D eigenvalue weighted by molar-refractivity contribution is -0.117. The third-order valence-corrected chi connectivity index (χ3v) is 6.09. The molecule has 2 heterocycles. The Balaban J connectivity index is 1.23. The van der Waals surface area contributed by atoms with Gasteiger partial charge < -0.3 is 15.0 Å². The number of hydrogen-bond donors (Lipinski definition) is 1. The molecule has 2 aliphatic heterocycles. The predicted octanol–water partition coefficient (Wildman–Crippen LogP) is 3.44. The zero-order chi connectivity index (χ0) is 21.5. The van der Waals surface area contributed by atoms with Crippen molar-refractivity contribution in [3.63, 3.8) is 0 Å². The molecule has 0 radical (unpaired) electrons. The molecular weight excluding hydrogens is 388 g/mol. The van der Waals surface area contributed by atoms with Crippen molar-refractivity contribution in [1.82, 2.24) is 9.80 Å². The van der Waals surface area contributed by atoms with Gasteiger partial charge in [0.15, 0.2) is 0 Å². The van der Waals surface area contributed by atoms with Crippen LogP contribution in [0.4, 0.5) is 11.4 Å². The zero-order valence-electron chi connectivity index (χ0n) is 18.6. The molecule has 2 fully saturated rings. The first kappa shape index (κ1) is 21.7. The lowest BCUT2D eigenvalue weighted by Gasteiger charge is -2.36. The third-order valence-electron chi connectivity index (χ3n) is 6.09. The van der Waals surface area contributed by atoms with Crippen LogP contribution in [0.5, 0.6) is 5.75 Å². The Hall–Kier alpha value is -2.57. The van der Waals surface area contributed by atoms with Crippen LogP contribution in [0.1, 0.15) is 25.3 Å². The molecule has 0 aromatic heterocycles. The summed E-state index contributed by atoms with van der Waals surface area (Å²) < 4.78 is 5.77. The van der Waals surface area contributed by atoms with Gasteiger partial charge in [0, 0.05) is 38.4 Å². The van der Waals surface area contributed by atoms with Crippen molar-refractivity contribution >= 4 is 17.3 Å². The van der Waals surface area contributed by atoms with Crippen LogP contribution in [0, 0.1) is 0 Å². The van der Waals surface area contributed by atoms with Crippen LogP contribution in [-0.2, 0) is 11.3 Å². The molecule has 4 rings (SSSR count). The topological polar surface area (TPSA) is 48.1 Å². The van der Waals surface area contributed by atoms with Crippen LogP contribution in [0.3, 0.4) is 0 Å². The van der Waals surface area contributed by atoms with Gasteiger partial charge in [0.2, 0.25) is 5.91 Å². The summed E-state index contributed by atoms with van der Waals surface area (Å²) in [5, 5.41) is 3.05. The van der Waals surface area contributed by atoms with E-state index in [-0.39, 0.29) is 5.91 Å². The van der Waals surface area contributed by atoms with Gasteiger partial charge >= 0.3 is 0 Å². The number of para-hydroxylation sites is 2. The molecule has 1 N–H and O–H groups in total. The molecule has 2 aliphatic rings. The Morgan fingerprint density at radius 1 is 0.903 bits per heavy atom. The SMILES string of the molecule is CCOc1ccccc1N1CCN(CC(=O)Nc2ccc(CN3CCCC3)cc2)CC1. The number of piperazine rings is 1. The monoisotopic (exact) mass is 422 g/mol. The van der Waals surface area contributed by atoms with E-state index in [0.717, 1.165) is 49.8 Å². The van der Waals surface area contributed by atoms with E-state index in [9.17, 15) is 4.79 Å². The summed E-state index contributed by atoms with van der Waals surface area (Å²) in [6.45, 7) is 10.0. The van der Waals surface area contributed by atoms with Gasteiger partial charge in [0.05, 0.1) is 18.8 Å². The van der Waals surface area contributed by atoms with E-state index in [4.69, 9.17) is 4.74 Å². The van der Waals surface area contributed by atoms with Crippen molar-refractivity contribution in [2.75, 3.05) is 62.6 Å². The van der Waals surface area contributed by atoms with Crippen LogP contribution >= 0.6 is 0 Å². The molecule has 6 nitrogen and oxygen atoms in total. The number of carbonyl (C=O) groups excluding carboxylic acids is 1. The zero-order valence-corrected chi connectivity index (χ0v) is 18.6. The molecular formula is C25H34N4O2. The van der Waals surface area contributed by atoms with Gasteiger partial charge in [-0.2, -0.15) is 0 Å². The van der Waals surface area contributed by atoms with Gasteiger partial charge in [0.1, 0.15) is 5.75 Å². The first-order chi connectivity index (χ1) is 15.2. The lowest BCUT2D eigenvalue weighted by Crippen LogP contribution is -2.48. The fraction of sp³-hybridized carbons (Fsp3) is 0.480. The Bertz CT molecular complexity index is 841. The second kappa shape index (κ2) is 10.6. The first-order valence-corrected chi connectivity index (χ1v) is 11.5. The highest BCUT2D eigenvalue weighted by Gasteiger charge is 2.21. The van der Waals surface area contributed by atoms with Crippen LogP contribution in [0.15, 0.2) is 48.5 Å². The van der Waals surface area contributed by atoms with E-state index in [0.29, 0.717) is 13.2 Å². The van der Waals surface area contributed by atoms with Crippen molar-refractivity contribution in [3.8, 4) is 5.75 Å². The molecule has 0 bridgehead atoms. The summed E-state index contributed by atoms with van der Waals surface area (Å²) >= 11 is 0. The number of rotatable bonds is 8. The number of benzene rings is 2. The van der Waals surface area contributed by atoms with Gasteiger partial charge in [-0.25, -0.2) is 0 Å². The molecule has 2 aromatic carbocycles. The summed E-state index contributed by atoms with van der Waals surface area (Å²) in [6.07, 6.45) is 2.61. The van der Waals surface area contributed by atoms with E-state index >= 15 is 0 Å². The smallest absolute Gasteiger partial charge is 0.238 e. The summed E-state index contributed by atoms with van der Waals surface area (Å²) in [4.78, 5) is 19.6. The second-order valence-corrected chi connectivity index (χ2v) is 8.39. The lowest BCUT2D eigenvalue weighted by atomic mass is 10.2. The summed E-state index contributed by atoms with van der Waals surface area (Å²) in [7, 11) is 0. The van der Waals surface area contributed by atoms with Crippen molar-refractivity contribution in [2.24, 2.45) is 0 Å². The Labute approximate surface area is 185 Å². The maximum atomic E-state index is 12.5. The minimum atomic E-state index is 0.0514. The second-order valence-electron chi connectivity index (χ2n) is 8.39. The van der Waals surface area contributed by atoms with Gasteiger partial charge in [-0.05, 0) is 62.7 Å². The van der Waals surface area contributed by atoms with Gasteiger partial charge in [-0.1, -0.05) is 24.3 Å². The molecule has 1 amide bonds. The average molecular weight is 423 g/mol. The maximum Gasteiger partial charge on any atom is 0.238 e. The van der Waals surface area contributed by atoms with E-state index in [2.05, 4.69) is 38.2 Å². The fourth-order valence-corrected chi connectivity index (χ4v) is 4.44. The van der Waals surface area contributed by atoms with E-state index in [1.807, 2.05) is 37.3 Å². The largest absolute Gasteiger partial charge is 0.492 e. The Kier molecular flexibility index (Phi) is 7.43. The molecule has 166 valence electrons. The number of ether oxygens (including phenoxy) is 1. The fourth-order valence-electron chi connectivity index (χ4n) is 4.44. The Morgan fingerprint density at radius 3 is 2.32 bits per heavy atom. The number of nitrogens with zero attached hydrogens (tertiary/aromatic N) is 3. The number of nitrogens with one attached hydrogen (secondary N) is 1. The number of anilines is 2. The molecule has 0 unspecified atom stereocenters. The van der Waals surface area contributed by atoms with E-state index in [1.165, 1.54) is 31.5 Å². The van der Waals surface area contributed by atoms with Crippen LogP contribution in [-0.4, -0.2) is 68.1 Å². The summed E-state index contributed by atoms with van der Waals surface area (Å²) in [5.74, 6) is 0.986. The van der Waals surface area contributed by atoms with Gasteiger partial charge in [-0.15, -0.1) is 0 Å². The molecule has 2 aromatic rings. The number of likely N-dealkylation sites (tertiary alicyclic amines) is 1. The van der Waals surface area contributed by atoms with Gasteiger partial charge in [0.25, 0.3) is 0 Å². The van der Waals surface area contributed by atoms with Crippen LogP contribution in [0.25, 0.3) is 0 Å².